The van der Waals surface area contributed by atoms with Crippen molar-refractivity contribution in [2.45, 2.75) is 13.0 Å². The molecule has 1 aromatic heterocycles. The van der Waals surface area contributed by atoms with Gasteiger partial charge in [0.1, 0.15) is 12.2 Å². The van der Waals surface area contributed by atoms with Crippen molar-refractivity contribution in [1.29, 1.82) is 0 Å². The maximum absolute atomic E-state index is 11.0. The van der Waals surface area contributed by atoms with E-state index in [0.29, 0.717) is 28.8 Å². The Hall–Kier alpha value is -1.59. The Morgan fingerprint density at radius 3 is 3.05 bits per heavy atom. The first kappa shape index (κ1) is 12.4. The monoisotopic (exact) mass is 295 g/mol. The highest BCUT2D eigenvalue weighted by atomic mass is 35.5. The van der Waals surface area contributed by atoms with E-state index in [-0.39, 0.29) is 6.54 Å². The summed E-state index contributed by atoms with van der Waals surface area (Å²) in [6.45, 7) is 0.376. The van der Waals surface area contributed by atoms with Gasteiger partial charge in [0.25, 0.3) is 0 Å². The molecule has 3 rings (SSSR count). The summed E-state index contributed by atoms with van der Waals surface area (Å²) >= 11 is 11.2. The van der Waals surface area contributed by atoms with Crippen LogP contribution >= 0.6 is 23.8 Å². The van der Waals surface area contributed by atoms with Crippen LogP contribution in [0, 0.1) is 0 Å². The van der Waals surface area contributed by atoms with Crippen LogP contribution in [0.2, 0.25) is 5.02 Å². The van der Waals surface area contributed by atoms with E-state index < -0.39 is 5.97 Å². The van der Waals surface area contributed by atoms with Crippen LogP contribution in [0.3, 0.4) is 0 Å². The van der Waals surface area contributed by atoms with Crippen LogP contribution in [0.15, 0.2) is 18.2 Å². The van der Waals surface area contributed by atoms with Gasteiger partial charge in [0.05, 0.1) is 6.61 Å². The molecule has 6 heteroatoms. The number of halogens is 1. The van der Waals surface area contributed by atoms with Crippen LogP contribution in [-0.4, -0.2) is 27.3 Å². The van der Waals surface area contributed by atoms with E-state index in [1.165, 1.54) is 0 Å². The van der Waals surface area contributed by atoms with Gasteiger partial charge in [0, 0.05) is 22.3 Å². The first-order chi connectivity index (χ1) is 9.08. The summed E-state index contributed by atoms with van der Waals surface area (Å²) in [6, 6.07) is 5.42. The average molecular weight is 296 g/mol. The molecule has 0 unspecified atom stereocenters. The Balaban J connectivity index is 2.35. The zero-order valence-corrected chi connectivity index (χ0v) is 11.4. The van der Waals surface area contributed by atoms with Crippen LogP contribution < -0.4 is 0 Å². The molecule has 98 valence electrons. The lowest BCUT2D eigenvalue weighted by molar-refractivity contribution is -0.137. The molecule has 2 heterocycles. The lowest BCUT2D eigenvalue weighted by Crippen LogP contribution is -2.21. The van der Waals surface area contributed by atoms with Crippen molar-refractivity contribution in [1.82, 2.24) is 4.57 Å². The topological polar surface area (TPSA) is 51.5 Å². The number of thiocarbonyl (C=S) groups is 1. The number of hydrogen-bond acceptors (Lipinski definition) is 3. The van der Waals surface area contributed by atoms with E-state index in [2.05, 4.69) is 0 Å². The molecular formula is C13H10ClNO3S. The van der Waals surface area contributed by atoms with Crippen molar-refractivity contribution in [3.8, 4) is 0 Å². The molecular weight excluding hydrogens is 286 g/mol. The third kappa shape index (κ3) is 1.99. The van der Waals surface area contributed by atoms with Gasteiger partial charge in [-0.3, -0.25) is 4.79 Å². The van der Waals surface area contributed by atoms with Gasteiger partial charge < -0.3 is 14.4 Å². The fraction of sp³-hybridized carbons (Fsp3) is 0.231. The Labute approximate surface area is 119 Å². The second-order valence-electron chi connectivity index (χ2n) is 4.35. The van der Waals surface area contributed by atoms with Crippen LogP contribution in [0.1, 0.15) is 11.3 Å². The lowest BCUT2D eigenvalue weighted by Gasteiger charge is -2.17. The lowest BCUT2D eigenvalue weighted by atomic mass is 10.1. The zero-order chi connectivity index (χ0) is 13.6. The van der Waals surface area contributed by atoms with Crippen LogP contribution in [0.25, 0.3) is 10.9 Å². The van der Waals surface area contributed by atoms with Gasteiger partial charge in [0.2, 0.25) is 5.05 Å². The van der Waals surface area contributed by atoms with E-state index in [1.54, 1.807) is 10.6 Å². The zero-order valence-electron chi connectivity index (χ0n) is 9.85. The number of ether oxygens (including phenoxy) is 1. The second kappa shape index (κ2) is 4.51. The highest BCUT2D eigenvalue weighted by molar-refractivity contribution is 7.80. The first-order valence-corrected chi connectivity index (χ1v) is 6.56. The highest BCUT2D eigenvalue weighted by Gasteiger charge is 2.25. The summed E-state index contributed by atoms with van der Waals surface area (Å²) in [5, 5.41) is 11.0. The van der Waals surface area contributed by atoms with Gasteiger partial charge >= 0.3 is 5.97 Å². The van der Waals surface area contributed by atoms with E-state index in [9.17, 15) is 4.79 Å². The number of aliphatic carboxylic acids is 1. The van der Waals surface area contributed by atoms with Gasteiger partial charge in [-0.05, 0) is 36.0 Å². The van der Waals surface area contributed by atoms with Crippen molar-refractivity contribution in [2.75, 3.05) is 6.61 Å². The number of rotatable bonds is 2. The summed E-state index contributed by atoms with van der Waals surface area (Å²) < 4.78 is 7.06. The number of fused-ring (bicyclic) bond motifs is 3. The molecule has 0 saturated carbocycles. The average Bonchev–Trinajstić information content (AvgIpc) is 2.64. The second-order valence-corrected chi connectivity index (χ2v) is 5.16. The largest absolute Gasteiger partial charge is 0.481 e. The van der Waals surface area contributed by atoms with E-state index in [0.717, 1.165) is 16.5 Å². The SMILES string of the molecule is O=C(O)Cn1c2c(c3cc(Cl)ccc31)CCOC2=S. The quantitative estimate of drug-likeness (QED) is 0.865. The van der Waals surface area contributed by atoms with Crippen LogP contribution in [-0.2, 0) is 22.5 Å². The standard InChI is InChI=1S/C13H10ClNO3S/c14-7-1-2-10-9(5-7)8-3-4-18-13(19)12(8)15(10)6-11(16)17/h1-2,5H,3-4,6H2,(H,16,17). The molecule has 1 aliphatic rings. The maximum Gasteiger partial charge on any atom is 0.323 e. The number of aromatic nitrogens is 1. The van der Waals surface area contributed by atoms with Gasteiger partial charge in [0.15, 0.2) is 0 Å². The number of carboxylic acid groups (broad SMARTS) is 1. The molecule has 1 N–H and O–H groups in total. The van der Waals surface area contributed by atoms with Crippen molar-refractivity contribution < 1.29 is 14.6 Å². The van der Waals surface area contributed by atoms with Crippen LogP contribution in [0.4, 0.5) is 0 Å². The number of hydrogen-bond donors (Lipinski definition) is 1. The molecule has 0 saturated heterocycles. The van der Waals surface area contributed by atoms with E-state index in [4.69, 9.17) is 33.7 Å². The minimum absolute atomic E-state index is 0.142. The van der Waals surface area contributed by atoms with Crippen LogP contribution in [0.5, 0.6) is 0 Å². The third-order valence-corrected chi connectivity index (χ3v) is 3.75. The molecule has 2 aromatic rings. The molecule has 1 aliphatic heterocycles. The molecule has 0 aliphatic carbocycles. The van der Waals surface area contributed by atoms with E-state index >= 15 is 0 Å². The van der Waals surface area contributed by atoms with Gasteiger partial charge in [-0.2, -0.15) is 0 Å². The fourth-order valence-corrected chi connectivity index (χ4v) is 2.99. The molecule has 1 aromatic carbocycles. The summed E-state index contributed by atoms with van der Waals surface area (Å²) in [5.74, 6) is -0.914. The molecule has 0 atom stereocenters. The normalized spacial score (nSPS) is 14.3. The highest BCUT2D eigenvalue weighted by Crippen LogP contribution is 2.32. The Morgan fingerprint density at radius 1 is 1.53 bits per heavy atom. The minimum atomic E-state index is -0.914. The van der Waals surface area contributed by atoms with Crippen molar-refractivity contribution in [3.63, 3.8) is 0 Å². The Morgan fingerprint density at radius 2 is 2.32 bits per heavy atom. The van der Waals surface area contributed by atoms with Crippen molar-refractivity contribution in [2.24, 2.45) is 0 Å². The minimum Gasteiger partial charge on any atom is -0.481 e. The molecule has 0 fully saturated rings. The summed E-state index contributed by atoms with van der Waals surface area (Å²) in [5.41, 5.74) is 2.54. The number of carboxylic acids is 1. The summed E-state index contributed by atoms with van der Waals surface area (Å²) in [6.07, 6.45) is 0.707. The number of nitrogens with zero attached hydrogens (tertiary/aromatic N) is 1. The predicted molar refractivity (Wildman–Crippen MR) is 75.9 cm³/mol. The smallest absolute Gasteiger partial charge is 0.323 e. The fourth-order valence-electron chi connectivity index (χ4n) is 2.50. The van der Waals surface area contributed by atoms with Gasteiger partial charge in [-0.1, -0.05) is 11.6 Å². The molecule has 0 amide bonds. The Bertz CT molecular complexity index is 707. The summed E-state index contributed by atoms with van der Waals surface area (Å²) in [7, 11) is 0. The van der Waals surface area contributed by atoms with Gasteiger partial charge in [-0.25, -0.2) is 0 Å². The third-order valence-electron chi connectivity index (χ3n) is 3.20. The summed E-state index contributed by atoms with van der Waals surface area (Å²) in [4.78, 5) is 11.0. The number of benzene rings is 1. The van der Waals surface area contributed by atoms with E-state index in [1.807, 2.05) is 12.1 Å². The molecule has 19 heavy (non-hydrogen) atoms. The molecule has 4 nitrogen and oxygen atoms in total. The molecule has 0 spiro atoms. The maximum atomic E-state index is 11.0. The van der Waals surface area contributed by atoms with Crippen molar-refractivity contribution in [3.05, 3.63) is 34.5 Å². The molecule has 0 bridgehead atoms. The predicted octanol–water partition coefficient (Wildman–Crippen LogP) is 2.63. The van der Waals surface area contributed by atoms with Crippen molar-refractivity contribution >= 4 is 45.7 Å². The first-order valence-electron chi connectivity index (χ1n) is 5.77. The number of carbonyl (C=O) groups is 1. The van der Waals surface area contributed by atoms with Gasteiger partial charge in [-0.15, -0.1) is 0 Å². The Kier molecular flexibility index (Phi) is 2.95. The molecule has 0 radical (unpaired) electrons.